The topological polar surface area (TPSA) is 98.5 Å². The number of methoxy groups -OCH3 is 1. The zero-order chi connectivity index (χ0) is 19.1. The number of Topliss-reactive ketones (excluding diaryl/α,β-unsaturated/α-hetero) is 1. The molecule has 0 aromatic heterocycles. The Balaban J connectivity index is 1.87. The molecular formula is C18H18N2O5S. The summed E-state index contributed by atoms with van der Waals surface area (Å²) >= 11 is 1.35. The largest absolute Gasteiger partial charge is 0.490 e. The van der Waals surface area contributed by atoms with Crippen molar-refractivity contribution in [2.45, 2.75) is 12.7 Å². The fraction of sp³-hybridized carbons (Fsp3) is 0.222. The van der Waals surface area contributed by atoms with Crippen LogP contribution in [0, 0.1) is 10.1 Å². The van der Waals surface area contributed by atoms with Gasteiger partial charge < -0.3 is 10.1 Å². The lowest BCUT2D eigenvalue weighted by Crippen LogP contribution is -2.14. The number of nitrogens with one attached hydrogen (secondary N) is 1. The summed E-state index contributed by atoms with van der Waals surface area (Å²) in [6.45, 7) is 1.48. The maximum atomic E-state index is 12.0. The standard InChI is InChI=1S/C18H18N2O5S/c1-12(21)14-4-6-15(7-5-14)19-18(22)11-26-10-13-3-8-17(25-2)16(9-13)20(23)24/h3-9H,10-11H2,1-2H3,(H,19,22). The van der Waals surface area contributed by atoms with Crippen molar-refractivity contribution in [1.29, 1.82) is 0 Å². The smallest absolute Gasteiger partial charge is 0.311 e. The Hall–Kier alpha value is -2.87. The maximum Gasteiger partial charge on any atom is 0.311 e. The lowest BCUT2D eigenvalue weighted by molar-refractivity contribution is -0.385. The number of hydrogen-bond acceptors (Lipinski definition) is 6. The second kappa shape index (κ2) is 9.00. The van der Waals surface area contributed by atoms with Crippen molar-refractivity contribution in [3.63, 3.8) is 0 Å². The van der Waals surface area contributed by atoms with Crippen LogP contribution in [0.5, 0.6) is 5.75 Å². The van der Waals surface area contributed by atoms with E-state index in [1.165, 1.54) is 31.9 Å². The zero-order valence-corrected chi connectivity index (χ0v) is 15.2. The van der Waals surface area contributed by atoms with Gasteiger partial charge in [-0.15, -0.1) is 11.8 Å². The van der Waals surface area contributed by atoms with Gasteiger partial charge in [-0.05, 0) is 42.8 Å². The van der Waals surface area contributed by atoms with E-state index < -0.39 is 4.92 Å². The molecule has 0 saturated carbocycles. The minimum Gasteiger partial charge on any atom is -0.490 e. The maximum absolute atomic E-state index is 12.0. The van der Waals surface area contributed by atoms with Crippen LogP contribution in [0.25, 0.3) is 0 Å². The third-order valence-electron chi connectivity index (χ3n) is 3.52. The van der Waals surface area contributed by atoms with E-state index in [1.807, 2.05) is 0 Å². The van der Waals surface area contributed by atoms with Crippen LogP contribution in [0.4, 0.5) is 11.4 Å². The highest BCUT2D eigenvalue weighted by atomic mass is 32.2. The molecule has 0 heterocycles. The molecule has 8 heteroatoms. The number of nitro groups is 1. The minimum atomic E-state index is -0.496. The summed E-state index contributed by atoms with van der Waals surface area (Å²) in [5.41, 5.74) is 1.83. The highest BCUT2D eigenvalue weighted by molar-refractivity contribution is 7.99. The van der Waals surface area contributed by atoms with Crippen LogP contribution in [0.2, 0.25) is 0 Å². The molecule has 26 heavy (non-hydrogen) atoms. The predicted molar refractivity (Wildman–Crippen MR) is 101 cm³/mol. The molecule has 2 aromatic rings. The van der Waals surface area contributed by atoms with Crippen molar-refractivity contribution in [1.82, 2.24) is 0 Å². The van der Waals surface area contributed by atoms with Gasteiger partial charge in [0, 0.05) is 23.1 Å². The van der Waals surface area contributed by atoms with Crippen LogP contribution in [0.3, 0.4) is 0 Å². The predicted octanol–water partition coefficient (Wildman–Crippen LogP) is 3.68. The number of ketones is 1. The lowest BCUT2D eigenvalue weighted by atomic mass is 10.1. The van der Waals surface area contributed by atoms with Crippen molar-refractivity contribution in [3.8, 4) is 5.75 Å². The number of carbonyl (C=O) groups excluding carboxylic acids is 2. The van der Waals surface area contributed by atoms with E-state index in [1.54, 1.807) is 36.4 Å². The molecule has 136 valence electrons. The van der Waals surface area contributed by atoms with Gasteiger partial charge in [0.1, 0.15) is 0 Å². The molecule has 0 aliphatic rings. The Labute approximate surface area is 154 Å². The summed E-state index contributed by atoms with van der Waals surface area (Å²) in [7, 11) is 1.38. The molecule has 0 atom stereocenters. The number of carbonyl (C=O) groups is 2. The van der Waals surface area contributed by atoms with Gasteiger partial charge >= 0.3 is 5.69 Å². The molecule has 0 bridgehead atoms. The molecule has 0 aliphatic heterocycles. The van der Waals surface area contributed by atoms with E-state index in [0.29, 0.717) is 17.0 Å². The SMILES string of the molecule is COc1ccc(CSCC(=O)Nc2ccc(C(C)=O)cc2)cc1[N+](=O)[O-]. The van der Waals surface area contributed by atoms with Crippen molar-refractivity contribution < 1.29 is 19.2 Å². The highest BCUT2D eigenvalue weighted by Crippen LogP contribution is 2.29. The van der Waals surface area contributed by atoms with Crippen LogP contribution in [0.1, 0.15) is 22.8 Å². The first-order valence-corrected chi connectivity index (χ1v) is 8.86. The molecule has 2 aromatic carbocycles. The van der Waals surface area contributed by atoms with Gasteiger partial charge in [0.2, 0.25) is 5.91 Å². The van der Waals surface area contributed by atoms with Gasteiger partial charge in [0.15, 0.2) is 11.5 Å². The molecule has 1 amide bonds. The number of nitro benzene ring substituents is 1. The van der Waals surface area contributed by atoms with E-state index >= 15 is 0 Å². The molecule has 2 rings (SSSR count). The second-order valence-electron chi connectivity index (χ2n) is 5.44. The molecule has 0 saturated heterocycles. The van der Waals surface area contributed by atoms with Gasteiger partial charge in [0.25, 0.3) is 0 Å². The fourth-order valence-corrected chi connectivity index (χ4v) is 2.99. The molecule has 1 N–H and O–H groups in total. The number of thioether (sulfide) groups is 1. The molecule has 0 spiro atoms. The van der Waals surface area contributed by atoms with Crippen molar-refractivity contribution in [2.24, 2.45) is 0 Å². The monoisotopic (exact) mass is 374 g/mol. The van der Waals surface area contributed by atoms with Crippen molar-refractivity contribution in [2.75, 3.05) is 18.2 Å². The van der Waals surface area contributed by atoms with Crippen LogP contribution in [-0.2, 0) is 10.5 Å². The average Bonchev–Trinajstić information content (AvgIpc) is 2.62. The average molecular weight is 374 g/mol. The van der Waals surface area contributed by atoms with Crippen LogP contribution in [-0.4, -0.2) is 29.5 Å². The molecule has 0 fully saturated rings. The zero-order valence-electron chi connectivity index (χ0n) is 14.4. The first kappa shape index (κ1) is 19.5. The van der Waals surface area contributed by atoms with Gasteiger partial charge in [-0.3, -0.25) is 19.7 Å². The van der Waals surface area contributed by atoms with E-state index in [0.717, 1.165) is 5.56 Å². The van der Waals surface area contributed by atoms with Gasteiger partial charge in [-0.25, -0.2) is 0 Å². The van der Waals surface area contributed by atoms with Crippen LogP contribution >= 0.6 is 11.8 Å². The normalized spacial score (nSPS) is 10.2. The van der Waals surface area contributed by atoms with Crippen molar-refractivity contribution in [3.05, 3.63) is 63.7 Å². The van der Waals surface area contributed by atoms with E-state index in [4.69, 9.17) is 4.74 Å². The highest BCUT2D eigenvalue weighted by Gasteiger charge is 2.15. The molecular weight excluding hydrogens is 356 g/mol. The summed E-state index contributed by atoms with van der Waals surface area (Å²) in [5.74, 6) is 0.645. The quantitative estimate of drug-likeness (QED) is 0.430. The number of nitrogens with zero attached hydrogens (tertiary/aromatic N) is 1. The van der Waals surface area contributed by atoms with E-state index in [2.05, 4.69) is 5.32 Å². The summed E-state index contributed by atoms with van der Waals surface area (Å²) in [6.07, 6.45) is 0. The minimum absolute atomic E-state index is 0.0352. The Morgan fingerprint density at radius 3 is 2.46 bits per heavy atom. The summed E-state index contributed by atoms with van der Waals surface area (Å²) < 4.78 is 4.96. The molecule has 0 aliphatic carbocycles. The Bertz CT molecular complexity index is 821. The summed E-state index contributed by atoms with van der Waals surface area (Å²) in [6, 6.07) is 11.4. The van der Waals surface area contributed by atoms with E-state index in [9.17, 15) is 19.7 Å². The third-order valence-corrected chi connectivity index (χ3v) is 4.52. The number of rotatable bonds is 8. The summed E-state index contributed by atoms with van der Waals surface area (Å²) in [4.78, 5) is 33.7. The first-order chi connectivity index (χ1) is 12.4. The summed E-state index contributed by atoms with van der Waals surface area (Å²) in [5, 5.41) is 13.8. The first-order valence-electron chi connectivity index (χ1n) is 7.70. The van der Waals surface area contributed by atoms with Gasteiger partial charge in [-0.1, -0.05) is 6.07 Å². The second-order valence-corrected chi connectivity index (χ2v) is 6.42. The fourth-order valence-electron chi connectivity index (χ4n) is 2.21. The molecule has 0 radical (unpaired) electrons. The number of benzene rings is 2. The lowest BCUT2D eigenvalue weighted by Gasteiger charge is -2.07. The third kappa shape index (κ3) is 5.32. The molecule has 0 unspecified atom stereocenters. The van der Waals surface area contributed by atoms with Crippen molar-refractivity contribution >= 4 is 34.8 Å². The van der Waals surface area contributed by atoms with Crippen LogP contribution in [0.15, 0.2) is 42.5 Å². The number of hydrogen-bond donors (Lipinski definition) is 1. The molecule has 7 nitrogen and oxygen atoms in total. The van der Waals surface area contributed by atoms with Gasteiger partial charge in [-0.2, -0.15) is 0 Å². The number of anilines is 1. The number of amides is 1. The van der Waals surface area contributed by atoms with Crippen LogP contribution < -0.4 is 10.1 Å². The van der Waals surface area contributed by atoms with E-state index in [-0.39, 0.29) is 28.9 Å². The Kier molecular flexibility index (Phi) is 6.74. The Morgan fingerprint density at radius 1 is 1.19 bits per heavy atom. The Morgan fingerprint density at radius 2 is 1.88 bits per heavy atom. The van der Waals surface area contributed by atoms with Gasteiger partial charge in [0.05, 0.1) is 17.8 Å². The number of ether oxygens (including phenoxy) is 1.